The van der Waals surface area contributed by atoms with Crippen molar-refractivity contribution < 1.29 is 18.3 Å². The fraction of sp³-hybridized carbons (Fsp3) is 0.278. The zero-order valence-corrected chi connectivity index (χ0v) is 15.3. The predicted octanol–water partition coefficient (Wildman–Crippen LogP) is 4.43. The molecular weight excluding hydrogens is 394 g/mol. The van der Waals surface area contributed by atoms with Gasteiger partial charge < -0.3 is 15.0 Å². The highest BCUT2D eigenvalue weighted by molar-refractivity contribution is 9.10. The van der Waals surface area contributed by atoms with Gasteiger partial charge in [-0.15, -0.1) is 0 Å². The molecule has 1 N–H and O–H groups in total. The van der Waals surface area contributed by atoms with Crippen molar-refractivity contribution in [1.29, 1.82) is 0 Å². The summed E-state index contributed by atoms with van der Waals surface area (Å²) >= 11 is 3.38. The maximum absolute atomic E-state index is 12.1. The van der Waals surface area contributed by atoms with E-state index in [4.69, 9.17) is 0 Å². The molecule has 0 bridgehead atoms. The number of benzene rings is 2. The van der Waals surface area contributed by atoms with Crippen LogP contribution >= 0.6 is 15.9 Å². The molecular formula is C18H19BrF2N2O2. The molecule has 0 spiro atoms. The van der Waals surface area contributed by atoms with Gasteiger partial charge in [-0.2, -0.15) is 8.78 Å². The average Bonchev–Trinajstić information content (AvgIpc) is 2.58. The summed E-state index contributed by atoms with van der Waals surface area (Å²) in [7, 11) is 1.73. The summed E-state index contributed by atoms with van der Waals surface area (Å²) in [4.78, 5) is 13.7. The Morgan fingerprint density at radius 2 is 1.72 bits per heavy atom. The Balaban J connectivity index is 1.74. The van der Waals surface area contributed by atoms with Gasteiger partial charge in [-0.05, 0) is 41.8 Å². The van der Waals surface area contributed by atoms with E-state index in [1.54, 1.807) is 24.1 Å². The van der Waals surface area contributed by atoms with Gasteiger partial charge in [0.05, 0.1) is 0 Å². The van der Waals surface area contributed by atoms with E-state index in [2.05, 4.69) is 26.0 Å². The number of hydrogen-bond acceptors (Lipinski definition) is 2. The highest BCUT2D eigenvalue weighted by Crippen LogP contribution is 2.15. The Morgan fingerprint density at radius 1 is 1.12 bits per heavy atom. The first-order chi connectivity index (χ1) is 11.9. The Kier molecular flexibility index (Phi) is 7.18. The minimum atomic E-state index is -2.83. The van der Waals surface area contributed by atoms with Crippen molar-refractivity contribution in [3.63, 3.8) is 0 Å². The topological polar surface area (TPSA) is 41.6 Å². The number of hydrogen-bond donors (Lipinski definition) is 1. The molecule has 0 aliphatic carbocycles. The van der Waals surface area contributed by atoms with Gasteiger partial charge in [0, 0.05) is 24.6 Å². The van der Waals surface area contributed by atoms with Crippen molar-refractivity contribution in [3.8, 4) is 5.75 Å². The molecule has 0 aliphatic heterocycles. The first-order valence-corrected chi connectivity index (χ1v) is 8.50. The Labute approximate surface area is 153 Å². The Morgan fingerprint density at radius 3 is 2.32 bits per heavy atom. The van der Waals surface area contributed by atoms with Gasteiger partial charge in [-0.25, -0.2) is 4.79 Å². The van der Waals surface area contributed by atoms with Crippen LogP contribution in [-0.2, 0) is 13.0 Å². The number of ether oxygens (including phenoxy) is 1. The molecule has 0 saturated heterocycles. The molecule has 4 nitrogen and oxygen atoms in total. The summed E-state index contributed by atoms with van der Waals surface area (Å²) in [6.07, 6.45) is 0.604. The van der Waals surface area contributed by atoms with Crippen LogP contribution in [0.2, 0.25) is 0 Å². The molecule has 2 aromatic carbocycles. The minimum Gasteiger partial charge on any atom is -0.435 e. The van der Waals surface area contributed by atoms with Crippen LogP contribution in [0, 0.1) is 0 Å². The number of alkyl halides is 2. The quantitative estimate of drug-likeness (QED) is 0.730. The second kappa shape index (κ2) is 9.36. The zero-order valence-electron chi connectivity index (χ0n) is 13.7. The van der Waals surface area contributed by atoms with E-state index in [-0.39, 0.29) is 11.8 Å². The van der Waals surface area contributed by atoms with Crippen LogP contribution in [0.3, 0.4) is 0 Å². The van der Waals surface area contributed by atoms with Crippen molar-refractivity contribution >= 4 is 22.0 Å². The third-order valence-corrected chi connectivity index (χ3v) is 4.05. The van der Waals surface area contributed by atoms with Crippen molar-refractivity contribution in [1.82, 2.24) is 10.2 Å². The highest BCUT2D eigenvalue weighted by Gasteiger charge is 2.09. The Hall–Kier alpha value is -2.15. The number of carbonyl (C=O) groups is 1. The molecule has 2 rings (SSSR count). The van der Waals surface area contributed by atoms with Crippen LogP contribution in [0.4, 0.5) is 13.6 Å². The van der Waals surface area contributed by atoms with Crippen LogP contribution in [0.1, 0.15) is 11.1 Å². The van der Waals surface area contributed by atoms with Crippen LogP contribution in [0.15, 0.2) is 53.0 Å². The number of carbonyl (C=O) groups excluding carboxylic acids is 1. The molecule has 0 radical (unpaired) electrons. The molecule has 2 amide bonds. The molecule has 0 heterocycles. The molecule has 7 heteroatoms. The molecule has 0 saturated carbocycles. The van der Waals surface area contributed by atoms with Crippen molar-refractivity contribution in [3.05, 3.63) is 64.1 Å². The lowest BCUT2D eigenvalue weighted by Gasteiger charge is -2.18. The SMILES string of the molecule is CN(Cc1ccc(Br)cc1)C(=O)NCCc1ccc(OC(F)F)cc1. The van der Waals surface area contributed by atoms with E-state index >= 15 is 0 Å². The minimum absolute atomic E-state index is 0.122. The fourth-order valence-electron chi connectivity index (χ4n) is 2.22. The van der Waals surface area contributed by atoms with Gasteiger partial charge in [0.15, 0.2) is 0 Å². The number of urea groups is 1. The number of rotatable bonds is 7. The van der Waals surface area contributed by atoms with E-state index in [9.17, 15) is 13.6 Å². The monoisotopic (exact) mass is 412 g/mol. The lowest BCUT2D eigenvalue weighted by molar-refractivity contribution is -0.0498. The maximum atomic E-state index is 12.1. The lowest BCUT2D eigenvalue weighted by Crippen LogP contribution is -2.37. The smallest absolute Gasteiger partial charge is 0.387 e. The first kappa shape index (κ1) is 19.2. The molecule has 0 atom stereocenters. The van der Waals surface area contributed by atoms with Crippen LogP contribution in [0.25, 0.3) is 0 Å². The summed E-state index contributed by atoms with van der Waals surface area (Å²) in [5.74, 6) is 0.122. The molecule has 2 aromatic rings. The number of nitrogens with one attached hydrogen (secondary N) is 1. The second-order valence-electron chi connectivity index (χ2n) is 5.49. The standard InChI is InChI=1S/C18H19BrF2N2O2/c1-23(12-14-2-6-15(19)7-3-14)18(24)22-11-10-13-4-8-16(9-5-13)25-17(20)21/h2-9,17H,10-12H2,1H3,(H,22,24). The van der Waals surface area contributed by atoms with Gasteiger partial charge in [0.2, 0.25) is 0 Å². The largest absolute Gasteiger partial charge is 0.435 e. The van der Waals surface area contributed by atoms with E-state index in [0.29, 0.717) is 19.5 Å². The average molecular weight is 413 g/mol. The molecule has 0 fully saturated rings. The van der Waals surface area contributed by atoms with Crippen LogP contribution in [-0.4, -0.2) is 31.1 Å². The van der Waals surface area contributed by atoms with Gasteiger partial charge in [-0.1, -0.05) is 40.2 Å². The molecule has 0 aliphatic rings. The summed E-state index contributed by atoms with van der Waals surface area (Å²) in [6, 6.07) is 14.0. The third kappa shape index (κ3) is 6.70. The van der Waals surface area contributed by atoms with Crippen molar-refractivity contribution in [2.45, 2.75) is 19.6 Å². The molecule has 134 valence electrons. The fourth-order valence-corrected chi connectivity index (χ4v) is 2.49. The lowest BCUT2D eigenvalue weighted by atomic mass is 10.1. The zero-order chi connectivity index (χ0) is 18.2. The van der Waals surface area contributed by atoms with Gasteiger partial charge in [0.25, 0.3) is 0 Å². The van der Waals surface area contributed by atoms with E-state index in [1.165, 1.54) is 12.1 Å². The number of halogens is 3. The third-order valence-electron chi connectivity index (χ3n) is 3.52. The molecule has 25 heavy (non-hydrogen) atoms. The van der Waals surface area contributed by atoms with E-state index in [1.807, 2.05) is 24.3 Å². The predicted molar refractivity (Wildman–Crippen MR) is 95.8 cm³/mol. The summed E-state index contributed by atoms with van der Waals surface area (Å²) in [5.41, 5.74) is 1.97. The summed E-state index contributed by atoms with van der Waals surface area (Å²) in [5, 5.41) is 2.84. The Bertz CT molecular complexity index is 678. The van der Waals surface area contributed by atoms with Gasteiger partial charge in [-0.3, -0.25) is 0 Å². The first-order valence-electron chi connectivity index (χ1n) is 7.71. The van der Waals surface area contributed by atoms with Gasteiger partial charge in [0.1, 0.15) is 5.75 Å². The van der Waals surface area contributed by atoms with Crippen LogP contribution < -0.4 is 10.1 Å². The summed E-state index contributed by atoms with van der Waals surface area (Å²) < 4.78 is 29.5. The van der Waals surface area contributed by atoms with Crippen molar-refractivity contribution in [2.75, 3.05) is 13.6 Å². The van der Waals surface area contributed by atoms with E-state index in [0.717, 1.165) is 15.6 Å². The van der Waals surface area contributed by atoms with Crippen LogP contribution in [0.5, 0.6) is 5.75 Å². The second-order valence-corrected chi connectivity index (χ2v) is 6.40. The molecule has 0 unspecified atom stereocenters. The number of amides is 2. The van der Waals surface area contributed by atoms with E-state index < -0.39 is 6.61 Å². The highest BCUT2D eigenvalue weighted by atomic mass is 79.9. The maximum Gasteiger partial charge on any atom is 0.387 e. The number of nitrogens with zero attached hydrogens (tertiary/aromatic N) is 1. The summed E-state index contributed by atoms with van der Waals surface area (Å²) in [6.45, 7) is -1.86. The normalized spacial score (nSPS) is 10.6. The van der Waals surface area contributed by atoms with Gasteiger partial charge >= 0.3 is 12.6 Å². The van der Waals surface area contributed by atoms with Crippen molar-refractivity contribution in [2.24, 2.45) is 0 Å². The molecule has 0 aromatic heterocycles.